The standard InChI is InChI=1S/C16H18N4/c1-11(13-7-8-13)15-4-2-3-14(9-12-5-6-12)16(15)20-10-17-18-19-20/h2-4,10,12H,5-9H2,1H3. The van der Waals surface area contributed by atoms with Crippen molar-refractivity contribution in [2.75, 3.05) is 0 Å². The average Bonchev–Trinajstić information content (AvgIpc) is 3.39. The van der Waals surface area contributed by atoms with Gasteiger partial charge in [0.05, 0.1) is 5.69 Å². The van der Waals surface area contributed by atoms with Crippen molar-refractivity contribution in [3.63, 3.8) is 0 Å². The van der Waals surface area contributed by atoms with E-state index in [1.807, 2.05) is 4.68 Å². The van der Waals surface area contributed by atoms with Crippen molar-refractivity contribution >= 4 is 5.57 Å². The van der Waals surface area contributed by atoms with Crippen LogP contribution in [0.3, 0.4) is 0 Å². The first-order valence-electron chi connectivity index (χ1n) is 7.37. The highest BCUT2D eigenvalue weighted by Crippen LogP contribution is 2.40. The molecular formula is C16H18N4. The van der Waals surface area contributed by atoms with E-state index in [2.05, 4.69) is 40.6 Å². The molecule has 0 spiro atoms. The summed E-state index contributed by atoms with van der Waals surface area (Å²) < 4.78 is 1.83. The molecule has 0 bridgehead atoms. The number of benzene rings is 1. The van der Waals surface area contributed by atoms with E-state index in [9.17, 15) is 0 Å². The number of hydrogen-bond acceptors (Lipinski definition) is 3. The Balaban J connectivity index is 1.87. The van der Waals surface area contributed by atoms with Gasteiger partial charge in [0.1, 0.15) is 6.33 Å². The third-order valence-corrected chi connectivity index (χ3v) is 4.34. The van der Waals surface area contributed by atoms with Crippen LogP contribution in [0, 0.1) is 5.92 Å². The summed E-state index contributed by atoms with van der Waals surface area (Å²) >= 11 is 0. The lowest BCUT2D eigenvalue weighted by Crippen LogP contribution is -2.05. The molecule has 2 fully saturated rings. The van der Waals surface area contributed by atoms with Crippen LogP contribution in [-0.2, 0) is 6.42 Å². The fourth-order valence-electron chi connectivity index (χ4n) is 2.85. The van der Waals surface area contributed by atoms with Crippen LogP contribution in [0.5, 0.6) is 0 Å². The minimum atomic E-state index is 0.856. The molecule has 0 atom stereocenters. The van der Waals surface area contributed by atoms with E-state index < -0.39 is 0 Å². The summed E-state index contributed by atoms with van der Waals surface area (Å²) in [6, 6.07) is 6.60. The largest absolute Gasteiger partial charge is 0.200 e. The van der Waals surface area contributed by atoms with Crippen LogP contribution >= 0.6 is 0 Å². The second kappa shape index (κ2) is 4.54. The first-order valence-corrected chi connectivity index (χ1v) is 7.37. The van der Waals surface area contributed by atoms with Crippen molar-refractivity contribution in [1.29, 1.82) is 0 Å². The molecule has 1 aromatic heterocycles. The van der Waals surface area contributed by atoms with Gasteiger partial charge in [0.15, 0.2) is 0 Å². The highest BCUT2D eigenvalue weighted by Gasteiger charge is 2.25. The Morgan fingerprint density at radius 3 is 2.80 bits per heavy atom. The van der Waals surface area contributed by atoms with Gasteiger partial charge in [-0.25, -0.2) is 0 Å². The first-order chi connectivity index (χ1) is 9.83. The molecule has 2 aromatic rings. The molecule has 0 N–H and O–H groups in total. The van der Waals surface area contributed by atoms with Crippen LogP contribution in [0.1, 0.15) is 43.7 Å². The van der Waals surface area contributed by atoms with Gasteiger partial charge >= 0.3 is 0 Å². The molecule has 4 nitrogen and oxygen atoms in total. The third kappa shape index (κ3) is 2.15. The van der Waals surface area contributed by atoms with E-state index in [4.69, 9.17) is 0 Å². The van der Waals surface area contributed by atoms with Crippen LogP contribution in [-0.4, -0.2) is 20.2 Å². The Morgan fingerprint density at radius 2 is 2.15 bits per heavy atom. The van der Waals surface area contributed by atoms with Crippen molar-refractivity contribution in [2.45, 2.75) is 39.0 Å². The van der Waals surface area contributed by atoms with E-state index in [1.54, 1.807) is 11.9 Å². The number of hydrogen-bond donors (Lipinski definition) is 0. The van der Waals surface area contributed by atoms with Gasteiger partial charge in [-0.2, -0.15) is 4.68 Å². The monoisotopic (exact) mass is 266 g/mol. The maximum absolute atomic E-state index is 4.13. The minimum absolute atomic E-state index is 0.856. The number of rotatable bonds is 4. The molecule has 2 aliphatic carbocycles. The molecule has 4 rings (SSSR count). The van der Waals surface area contributed by atoms with E-state index in [-0.39, 0.29) is 0 Å². The molecule has 1 aromatic carbocycles. The van der Waals surface area contributed by atoms with Crippen LogP contribution < -0.4 is 0 Å². The van der Waals surface area contributed by atoms with Crippen molar-refractivity contribution in [1.82, 2.24) is 20.2 Å². The first kappa shape index (κ1) is 11.8. The summed E-state index contributed by atoms with van der Waals surface area (Å²) in [7, 11) is 0. The predicted octanol–water partition coefficient (Wildman–Crippen LogP) is 3.18. The van der Waals surface area contributed by atoms with Crippen molar-refractivity contribution in [2.24, 2.45) is 5.92 Å². The fourth-order valence-corrected chi connectivity index (χ4v) is 2.85. The van der Waals surface area contributed by atoms with Gasteiger partial charge in [0.2, 0.25) is 0 Å². The van der Waals surface area contributed by atoms with Crippen LogP contribution in [0.2, 0.25) is 0 Å². The van der Waals surface area contributed by atoms with Crippen LogP contribution in [0.15, 0.2) is 30.1 Å². The van der Waals surface area contributed by atoms with Crippen LogP contribution in [0.4, 0.5) is 0 Å². The Morgan fingerprint density at radius 1 is 1.30 bits per heavy atom. The Bertz CT molecular complexity index is 660. The quantitative estimate of drug-likeness (QED) is 0.853. The lowest BCUT2D eigenvalue weighted by atomic mass is 9.97. The summed E-state index contributed by atoms with van der Waals surface area (Å²) in [5.74, 6) is 0.856. The normalized spacial score (nSPS) is 17.4. The molecule has 102 valence electrons. The number of tetrazole rings is 1. The van der Waals surface area contributed by atoms with Crippen molar-refractivity contribution < 1.29 is 0 Å². The van der Waals surface area contributed by atoms with Gasteiger partial charge in [0, 0.05) is 5.56 Å². The highest BCUT2D eigenvalue weighted by atomic mass is 15.5. The second-order valence-corrected chi connectivity index (χ2v) is 5.94. The molecule has 2 aliphatic rings. The summed E-state index contributed by atoms with van der Waals surface area (Å²) in [5, 5.41) is 11.8. The van der Waals surface area contributed by atoms with E-state index in [1.165, 1.54) is 48.1 Å². The molecule has 0 amide bonds. The molecule has 20 heavy (non-hydrogen) atoms. The minimum Gasteiger partial charge on any atom is -0.200 e. The van der Waals surface area contributed by atoms with Crippen molar-refractivity contribution in [3.05, 3.63) is 41.2 Å². The van der Waals surface area contributed by atoms with E-state index in [0.29, 0.717) is 0 Å². The average molecular weight is 266 g/mol. The lowest BCUT2D eigenvalue weighted by Gasteiger charge is -2.14. The third-order valence-electron chi connectivity index (χ3n) is 4.34. The Labute approximate surface area is 118 Å². The molecular weight excluding hydrogens is 248 g/mol. The smallest absolute Gasteiger partial charge is 0.143 e. The molecule has 1 heterocycles. The van der Waals surface area contributed by atoms with Crippen molar-refractivity contribution in [3.8, 4) is 5.69 Å². The van der Waals surface area contributed by atoms with Gasteiger partial charge in [-0.3, -0.25) is 0 Å². The van der Waals surface area contributed by atoms with E-state index >= 15 is 0 Å². The number of aromatic nitrogens is 4. The second-order valence-electron chi connectivity index (χ2n) is 5.94. The van der Waals surface area contributed by atoms with Gasteiger partial charge in [-0.1, -0.05) is 23.8 Å². The van der Waals surface area contributed by atoms with Gasteiger partial charge in [0.25, 0.3) is 0 Å². The summed E-state index contributed by atoms with van der Waals surface area (Å²) in [4.78, 5) is 0. The number of allylic oxidation sites excluding steroid dienone is 2. The zero-order valence-electron chi connectivity index (χ0n) is 11.7. The summed E-state index contributed by atoms with van der Waals surface area (Å²) in [6.07, 6.45) is 8.06. The zero-order valence-corrected chi connectivity index (χ0v) is 11.7. The SMILES string of the molecule is CC(=C1CC1)c1cccc(CC2CC2)c1-n1cnnn1. The number of para-hydroxylation sites is 1. The fraction of sp³-hybridized carbons (Fsp3) is 0.438. The molecule has 4 heteroatoms. The molecule has 2 saturated carbocycles. The topological polar surface area (TPSA) is 43.6 Å². The van der Waals surface area contributed by atoms with Gasteiger partial charge in [-0.05, 0) is 66.5 Å². The Kier molecular flexibility index (Phi) is 2.69. The Hall–Kier alpha value is -1.97. The summed E-state index contributed by atoms with van der Waals surface area (Å²) in [6.45, 7) is 2.23. The van der Waals surface area contributed by atoms with E-state index in [0.717, 1.165) is 12.3 Å². The maximum atomic E-state index is 4.13. The highest BCUT2D eigenvalue weighted by molar-refractivity contribution is 5.76. The predicted molar refractivity (Wildman–Crippen MR) is 77.4 cm³/mol. The molecule has 0 radical (unpaired) electrons. The molecule has 0 unspecified atom stereocenters. The van der Waals surface area contributed by atoms with Crippen LogP contribution in [0.25, 0.3) is 11.3 Å². The van der Waals surface area contributed by atoms with Gasteiger partial charge in [-0.15, -0.1) is 5.10 Å². The molecule has 0 saturated heterocycles. The zero-order chi connectivity index (χ0) is 13.5. The lowest BCUT2D eigenvalue weighted by molar-refractivity contribution is 0.760. The summed E-state index contributed by atoms with van der Waals surface area (Å²) in [5.41, 5.74) is 6.83. The number of nitrogens with zero attached hydrogens (tertiary/aromatic N) is 4. The molecule has 0 aliphatic heterocycles. The maximum Gasteiger partial charge on any atom is 0.143 e. The van der Waals surface area contributed by atoms with Gasteiger partial charge < -0.3 is 0 Å².